The van der Waals surface area contributed by atoms with Crippen LogP contribution in [0.15, 0.2) is 18.2 Å². The molecule has 4 nitrogen and oxygen atoms in total. The van der Waals surface area contributed by atoms with Gasteiger partial charge in [0.25, 0.3) is 0 Å². The number of fused-ring (bicyclic) bond motifs is 1. The number of aliphatic hydroxyl groups is 1. The summed E-state index contributed by atoms with van der Waals surface area (Å²) in [6.07, 6.45) is 0.691. The molecular weight excluding hydrogens is 194 g/mol. The first kappa shape index (κ1) is 10.3. The Kier molecular flexibility index (Phi) is 3.08. The summed E-state index contributed by atoms with van der Waals surface area (Å²) in [6.45, 7) is 0.461. The average molecular weight is 209 g/mol. The summed E-state index contributed by atoms with van der Waals surface area (Å²) in [5.74, 6) is 1.57. The number of benzene rings is 1. The summed E-state index contributed by atoms with van der Waals surface area (Å²) in [5.41, 5.74) is 1.11. The van der Waals surface area contributed by atoms with Crippen molar-refractivity contribution < 1.29 is 14.6 Å². The zero-order valence-electron chi connectivity index (χ0n) is 8.69. The lowest BCUT2D eigenvalue weighted by atomic mass is 10.0. The van der Waals surface area contributed by atoms with Crippen molar-refractivity contribution in [1.82, 2.24) is 5.32 Å². The Morgan fingerprint density at radius 3 is 2.93 bits per heavy atom. The second-order valence-corrected chi connectivity index (χ2v) is 3.47. The Balaban J connectivity index is 2.20. The lowest BCUT2D eigenvalue weighted by molar-refractivity contribution is 0.174. The molecule has 2 N–H and O–H groups in total. The molecule has 4 heteroatoms. The molecule has 0 saturated heterocycles. The van der Waals surface area contributed by atoms with Gasteiger partial charge in [0.05, 0.1) is 0 Å². The lowest BCUT2D eigenvalue weighted by Gasteiger charge is -2.15. The monoisotopic (exact) mass is 209 g/mol. The molecule has 0 radical (unpaired) electrons. The molecular formula is C11H15NO3. The van der Waals surface area contributed by atoms with Crippen LogP contribution in [-0.4, -0.2) is 25.6 Å². The zero-order valence-corrected chi connectivity index (χ0v) is 8.69. The lowest BCUT2D eigenvalue weighted by Crippen LogP contribution is -2.17. The van der Waals surface area contributed by atoms with Crippen LogP contribution in [0.5, 0.6) is 11.5 Å². The number of rotatable bonds is 4. The third kappa shape index (κ3) is 2.06. The van der Waals surface area contributed by atoms with E-state index in [9.17, 15) is 0 Å². The number of aliphatic hydroxyl groups excluding tert-OH is 1. The Morgan fingerprint density at radius 2 is 2.20 bits per heavy atom. The van der Waals surface area contributed by atoms with Crippen LogP contribution in [0.25, 0.3) is 0 Å². The molecule has 1 aliphatic heterocycles. The first-order chi connectivity index (χ1) is 7.35. The summed E-state index contributed by atoms with van der Waals surface area (Å²) < 4.78 is 10.5. The molecule has 0 aromatic heterocycles. The zero-order chi connectivity index (χ0) is 10.7. The standard InChI is InChI=1S/C11H15NO3/c1-12-9(4-5-13)8-2-3-10-11(6-8)15-7-14-10/h2-3,6,9,12-13H,4-5,7H2,1H3/t9-/m0/s1. The molecule has 0 spiro atoms. The third-order valence-corrected chi connectivity index (χ3v) is 2.57. The topological polar surface area (TPSA) is 50.7 Å². The van der Waals surface area contributed by atoms with Gasteiger partial charge in [-0.25, -0.2) is 0 Å². The predicted molar refractivity (Wildman–Crippen MR) is 56.1 cm³/mol. The minimum Gasteiger partial charge on any atom is -0.454 e. The van der Waals surface area contributed by atoms with Crippen LogP contribution in [0.3, 0.4) is 0 Å². The van der Waals surface area contributed by atoms with Crippen LogP contribution in [-0.2, 0) is 0 Å². The molecule has 1 aromatic carbocycles. The number of ether oxygens (including phenoxy) is 2. The van der Waals surface area contributed by atoms with Crippen molar-refractivity contribution in [3.05, 3.63) is 23.8 Å². The molecule has 2 rings (SSSR count). The molecule has 15 heavy (non-hydrogen) atoms. The molecule has 0 saturated carbocycles. The van der Waals surface area contributed by atoms with Gasteiger partial charge < -0.3 is 19.9 Å². The molecule has 0 bridgehead atoms. The molecule has 0 fully saturated rings. The van der Waals surface area contributed by atoms with Crippen molar-refractivity contribution in [3.8, 4) is 11.5 Å². The first-order valence-corrected chi connectivity index (χ1v) is 5.03. The van der Waals surface area contributed by atoms with Crippen molar-refractivity contribution in [1.29, 1.82) is 0 Å². The molecule has 82 valence electrons. The van der Waals surface area contributed by atoms with Crippen LogP contribution >= 0.6 is 0 Å². The van der Waals surface area contributed by atoms with Crippen molar-refractivity contribution in [3.63, 3.8) is 0 Å². The molecule has 0 aliphatic carbocycles. The van der Waals surface area contributed by atoms with E-state index in [1.807, 2.05) is 25.2 Å². The Morgan fingerprint density at radius 1 is 1.40 bits per heavy atom. The van der Waals surface area contributed by atoms with E-state index in [2.05, 4.69) is 5.32 Å². The van der Waals surface area contributed by atoms with Crippen molar-refractivity contribution in [2.24, 2.45) is 0 Å². The van der Waals surface area contributed by atoms with Crippen LogP contribution in [0.1, 0.15) is 18.0 Å². The molecule has 1 atom stereocenters. The second-order valence-electron chi connectivity index (χ2n) is 3.47. The first-order valence-electron chi connectivity index (χ1n) is 5.03. The highest BCUT2D eigenvalue weighted by molar-refractivity contribution is 5.45. The minimum atomic E-state index is 0.157. The molecule has 1 aliphatic rings. The normalized spacial score (nSPS) is 15.3. The summed E-state index contributed by atoms with van der Waals surface area (Å²) in [6, 6.07) is 6.01. The van der Waals surface area contributed by atoms with Gasteiger partial charge in [0.2, 0.25) is 6.79 Å². The summed E-state index contributed by atoms with van der Waals surface area (Å²) in [4.78, 5) is 0. The van der Waals surface area contributed by atoms with E-state index in [1.54, 1.807) is 0 Å². The molecule has 1 heterocycles. The summed E-state index contributed by atoms with van der Waals surface area (Å²) in [7, 11) is 1.88. The maximum absolute atomic E-state index is 8.93. The van der Waals surface area contributed by atoms with Gasteiger partial charge in [-0.1, -0.05) is 6.07 Å². The van der Waals surface area contributed by atoms with Crippen LogP contribution < -0.4 is 14.8 Å². The van der Waals surface area contributed by atoms with Gasteiger partial charge in [0.1, 0.15) is 0 Å². The smallest absolute Gasteiger partial charge is 0.231 e. The van der Waals surface area contributed by atoms with E-state index in [0.29, 0.717) is 13.2 Å². The highest BCUT2D eigenvalue weighted by Gasteiger charge is 2.16. The number of nitrogens with one attached hydrogen (secondary N) is 1. The van der Waals surface area contributed by atoms with Gasteiger partial charge in [-0.15, -0.1) is 0 Å². The summed E-state index contributed by atoms with van der Waals surface area (Å²) in [5, 5.41) is 12.1. The SMILES string of the molecule is CN[C@@H](CCO)c1ccc2c(c1)OCO2. The van der Waals surface area contributed by atoms with Gasteiger partial charge in [-0.3, -0.25) is 0 Å². The van der Waals surface area contributed by atoms with E-state index in [4.69, 9.17) is 14.6 Å². The van der Waals surface area contributed by atoms with E-state index in [0.717, 1.165) is 17.1 Å². The summed E-state index contributed by atoms with van der Waals surface area (Å²) >= 11 is 0. The van der Waals surface area contributed by atoms with Crippen LogP contribution in [0, 0.1) is 0 Å². The second kappa shape index (κ2) is 4.51. The van der Waals surface area contributed by atoms with Crippen LogP contribution in [0.4, 0.5) is 0 Å². The third-order valence-electron chi connectivity index (χ3n) is 2.57. The van der Waals surface area contributed by atoms with E-state index in [-0.39, 0.29) is 12.6 Å². The Hall–Kier alpha value is -1.26. The van der Waals surface area contributed by atoms with Crippen molar-refractivity contribution in [2.75, 3.05) is 20.4 Å². The molecule has 0 unspecified atom stereocenters. The quantitative estimate of drug-likeness (QED) is 0.778. The average Bonchev–Trinajstić information content (AvgIpc) is 2.72. The van der Waals surface area contributed by atoms with Crippen molar-refractivity contribution >= 4 is 0 Å². The minimum absolute atomic E-state index is 0.157. The van der Waals surface area contributed by atoms with Gasteiger partial charge >= 0.3 is 0 Å². The Bertz CT molecular complexity index is 341. The van der Waals surface area contributed by atoms with Gasteiger partial charge in [0, 0.05) is 12.6 Å². The van der Waals surface area contributed by atoms with E-state index >= 15 is 0 Å². The molecule has 1 aromatic rings. The van der Waals surface area contributed by atoms with Gasteiger partial charge in [-0.2, -0.15) is 0 Å². The highest BCUT2D eigenvalue weighted by Crippen LogP contribution is 2.34. The number of hydrogen-bond acceptors (Lipinski definition) is 4. The fourth-order valence-corrected chi connectivity index (χ4v) is 1.74. The Labute approximate surface area is 88.8 Å². The molecule has 0 amide bonds. The maximum Gasteiger partial charge on any atom is 0.231 e. The van der Waals surface area contributed by atoms with Crippen molar-refractivity contribution in [2.45, 2.75) is 12.5 Å². The van der Waals surface area contributed by atoms with E-state index < -0.39 is 0 Å². The van der Waals surface area contributed by atoms with E-state index in [1.165, 1.54) is 0 Å². The fraction of sp³-hybridized carbons (Fsp3) is 0.455. The van der Waals surface area contributed by atoms with Crippen LogP contribution in [0.2, 0.25) is 0 Å². The highest BCUT2D eigenvalue weighted by atomic mass is 16.7. The predicted octanol–water partition coefficient (Wildman–Crippen LogP) is 1.06. The largest absolute Gasteiger partial charge is 0.454 e. The van der Waals surface area contributed by atoms with Gasteiger partial charge in [-0.05, 0) is 31.2 Å². The van der Waals surface area contributed by atoms with Gasteiger partial charge in [0.15, 0.2) is 11.5 Å². The maximum atomic E-state index is 8.93. The fourth-order valence-electron chi connectivity index (χ4n) is 1.74. The number of hydrogen-bond donors (Lipinski definition) is 2.